The number of H-pyrrole nitrogens is 1. The van der Waals surface area contributed by atoms with Gasteiger partial charge in [0.2, 0.25) is 0 Å². The van der Waals surface area contributed by atoms with Crippen molar-refractivity contribution in [3.05, 3.63) is 45.9 Å². The van der Waals surface area contributed by atoms with E-state index in [-0.39, 0.29) is 0 Å². The van der Waals surface area contributed by atoms with Gasteiger partial charge in [0, 0.05) is 22.3 Å². The van der Waals surface area contributed by atoms with Crippen molar-refractivity contribution in [3.8, 4) is 11.4 Å². The maximum atomic E-state index is 4.83. The second-order valence-electron chi connectivity index (χ2n) is 5.57. The van der Waals surface area contributed by atoms with Crippen LogP contribution in [0, 0.1) is 6.92 Å². The highest BCUT2D eigenvalue weighted by molar-refractivity contribution is 9.10. The lowest BCUT2D eigenvalue weighted by Crippen LogP contribution is -2.12. The highest BCUT2D eigenvalue weighted by Gasteiger charge is 2.16. The van der Waals surface area contributed by atoms with Crippen LogP contribution in [-0.4, -0.2) is 16.5 Å². The van der Waals surface area contributed by atoms with Crippen LogP contribution < -0.4 is 5.32 Å². The van der Waals surface area contributed by atoms with Crippen molar-refractivity contribution in [2.75, 3.05) is 11.9 Å². The minimum atomic E-state index is 0.965. The Kier molecular flexibility index (Phi) is 3.00. The van der Waals surface area contributed by atoms with Gasteiger partial charge in [0.05, 0.1) is 11.0 Å². The number of aromatic nitrogens is 2. The molecule has 4 rings (SSSR count). The predicted molar refractivity (Wildman–Crippen MR) is 90.8 cm³/mol. The van der Waals surface area contributed by atoms with Crippen LogP contribution in [0.5, 0.6) is 0 Å². The summed E-state index contributed by atoms with van der Waals surface area (Å²) in [5.74, 6) is 0.965. The zero-order chi connectivity index (χ0) is 14.4. The largest absolute Gasteiger partial charge is 0.385 e. The van der Waals surface area contributed by atoms with Crippen molar-refractivity contribution in [2.45, 2.75) is 19.8 Å². The topological polar surface area (TPSA) is 40.7 Å². The van der Waals surface area contributed by atoms with Gasteiger partial charge >= 0.3 is 0 Å². The molecule has 3 nitrogen and oxygen atoms in total. The van der Waals surface area contributed by atoms with E-state index in [9.17, 15) is 0 Å². The maximum absolute atomic E-state index is 4.83. The second kappa shape index (κ2) is 4.88. The summed E-state index contributed by atoms with van der Waals surface area (Å²) in [6.45, 7) is 3.16. The standard InChI is InChI=1S/C17H16BrN3/c1-10-8-11(18)9-15-16(10)21-17(20-15)13-4-2-6-14-12(13)5-3-7-19-14/h2,4,6,8-9,19H,3,5,7H2,1H3,(H,20,21). The molecule has 21 heavy (non-hydrogen) atoms. The Morgan fingerprint density at radius 1 is 1.24 bits per heavy atom. The van der Waals surface area contributed by atoms with E-state index in [0.29, 0.717) is 0 Å². The van der Waals surface area contributed by atoms with E-state index in [1.807, 2.05) is 0 Å². The first-order valence-corrected chi connectivity index (χ1v) is 8.04. The molecular formula is C17H16BrN3. The summed E-state index contributed by atoms with van der Waals surface area (Å²) < 4.78 is 1.08. The molecule has 4 heteroatoms. The molecule has 0 radical (unpaired) electrons. The number of aromatic amines is 1. The summed E-state index contributed by atoms with van der Waals surface area (Å²) in [5, 5.41) is 3.48. The smallest absolute Gasteiger partial charge is 0.138 e. The van der Waals surface area contributed by atoms with E-state index in [1.54, 1.807) is 0 Å². The van der Waals surface area contributed by atoms with Gasteiger partial charge in [-0.25, -0.2) is 4.98 Å². The molecule has 0 bridgehead atoms. The molecule has 1 aliphatic heterocycles. The molecule has 0 fully saturated rings. The van der Waals surface area contributed by atoms with Crippen molar-refractivity contribution >= 4 is 32.7 Å². The molecule has 1 aliphatic rings. The first kappa shape index (κ1) is 12.9. The Hall–Kier alpha value is -1.81. The Bertz CT molecular complexity index is 835. The van der Waals surface area contributed by atoms with Crippen LogP contribution in [-0.2, 0) is 6.42 Å². The van der Waals surface area contributed by atoms with Crippen molar-refractivity contribution in [2.24, 2.45) is 0 Å². The molecule has 0 aliphatic carbocycles. The molecule has 2 aromatic carbocycles. The van der Waals surface area contributed by atoms with E-state index in [2.05, 4.69) is 63.5 Å². The van der Waals surface area contributed by atoms with Gasteiger partial charge in [0.15, 0.2) is 0 Å². The Morgan fingerprint density at radius 2 is 2.14 bits per heavy atom. The second-order valence-corrected chi connectivity index (χ2v) is 6.48. The Labute approximate surface area is 131 Å². The van der Waals surface area contributed by atoms with Gasteiger partial charge in [0.25, 0.3) is 0 Å². The van der Waals surface area contributed by atoms with E-state index >= 15 is 0 Å². The SMILES string of the molecule is Cc1cc(Br)cc2[nH]c(-c3cccc4c3CCCN4)nc12. The van der Waals surface area contributed by atoms with E-state index in [4.69, 9.17) is 4.98 Å². The Balaban J connectivity index is 1.93. The lowest BCUT2D eigenvalue weighted by atomic mass is 9.97. The van der Waals surface area contributed by atoms with Gasteiger partial charge in [-0.15, -0.1) is 0 Å². The van der Waals surface area contributed by atoms with Crippen LogP contribution in [0.3, 0.4) is 0 Å². The molecule has 0 atom stereocenters. The number of hydrogen-bond donors (Lipinski definition) is 2. The first-order valence-electron chi connectivity index (χ1n) is 7.24. The van der Waals surface area contributed by atoms with Crippen LogP contribution in [0.1, 0.15) is 17.5 Å². The maximum Gasteiger partial charge on any atom is 0.138 e. The summed E-state index contributed by atoms with van der Waals surface area (Å²) in [6.07, 6.45) is 2.28. The number of nitrogens with one attached hydrogen (secondary N) is 2. The lowest BCUT2D eigenvalue weighted by Gasteiger charge is -2.20. The number of fused-ring (bicyclic) bond motifs is 2. The average Bonchev–Trinajstić information content (AvgIpc) is 2.90. The fourth-order valence-corrected chi connectivity index (χ4v) is 3.68. The molecule has 2 N–H and O–H groups in total. The fraction of sp³-hybridized carbons (Fsp3) is 0.235. The number of nitrogens with zero attached hydrogens (tertiary/aromatic N) is 1. The molecule has 0 spiro atoms. The number of hydrogen-bond acceptors (Lipinski definition) is 2. The van der Waals surface area contributed by atoms with Gasteiger partial charge in [-0.05, 0) is 49.1 Å². The molecule has 0 unspecified atom stereocenters. The number of aryl methyl sites for hydroxylation is 1. The molecule has 106 valence electrons. The van der Waals surface area contributed by atoms with E-state index < -0.39 is 0 Å². The van der Waals surface area contributed by atoms with Crippen LogP contribution in [0.2, 0.25) is 0 Å². The van der Waals surface area contributed by atoms with Gasteiger partial charge in [-0.1, -0.05) is 28.1 Å². The van der Waals surface area contributed by atoms with Crippen LogP contribution in [0.15, 0.2) is 34.8 Å². The van der Waals surface area contributed by atoms with Crippen molar-refractivity contribution < 1.29 is 0 Å². The van der Waals surface area contributed by atoms with Crippen LogP contribution >= 0.6 is 15.9 Å². The predicted octanol–water partition coefficient (Wildman–Crippen LogP) is 4.66. The summed E-state index contributed by atoms with van der Waals surface area (Å²) in [5.41, 5.74) is 7.15. The molecule has 0 amide bonds. The number of imidazole rings is 1. The summed E-state index contributed by atoms with van der Waals surface area (Å²) in [4.78, 5) is 8.30. The number of halogens is 1. The highest BCUT2D eigenvalue weighted by Crippen LogP contribution is 2.33. The third-order valence-corrected chi connectivity index (χ3v) is 4.55. The van der Waals surface area contributed by atoms with Crippen molar-refractivity contribution in [1.29, 1.82) is 0 Å². The lowest BCUT2D eigenvalue weighted by molar-refractivity contribution is 0.831. The fourth-order valence-electron chi connectivity index (χ4n) is 3.11. The quantitative estimate of drug-likeness (QED) is 0.675. The summed E-state index contributed by atoms with van der Waals surface area (Å²) in [7, 11) is 0. The molecular weight excluding hydrogens is 326 g/mol. The van der Waals surface area contributed by atoms with Gasteiger partial charge in [-0.3, -0.25) is 0 Å². The highest BCUT2D eigenvalue weighted by atomic mass is 79.9. The minimum Gasteiger partial charge on any atom is -0.385 e. The van der Waals surface area contributed by atoms with Gasteiger partial charge < -0.3 is 10.3 Å². The first-order chi connectivity index (χ1) is 10.2. The third kappa shape index (κ3) is 2.14. The molecule has 0 saturated heterocycles. The summed E-state index contributed by atoms with van der Waals surface area (Å²) >= 11 is 3.55. The van der Waals surface area contributed by atoms with Gasteiger partial charge in [-0.2, -0.15) is 0 Å². The van der Waals surface area contributed by atoms with E-state index in [0.717, 1.165) is 34.3 Å². The number of anilines is 1. The van der Waals surface area contributed by atoms with Crippen LogP contribution in [0.4, 0.5) is 5.69 Å². The zero-order valence-electron chi connectivity index (χ0n) is 11.8. The summed E-state index contributed by atoms with van der Waals surface area (Å²) in [6, 6.07) is 10.6. The van der Waals surface area contributed by atoms with E-state index in [1.165, 1.54) is 28.8 Å². The molecule has 1 aromatic heterocycles. The van der Waals surface area contributed by atoms with Crippen molar-refractivity contribution in [3.63, 3.8) is 0 Å². The average molecular weight is 342 g/mol. The number of rotatable bonds is 1. The number of benzene rings is 2. The van der Waals surface area contributed by atoms with Crippen LogP contribution in [0.25, 0.3) is 22.4 Å². The van der Waals surface area contributed by atoms with Crippen molar-refractivity contribution in [1.82, 2.24) is 9.97 Å². The molecule has 2 heterocycles. The normalized spacial score (nSPS) is 14.0. The molecule has 0 saturated carbocycles. The third-order valence-electron chi connectivity index (χ3n) is 4.09. The van der Waals surface area contributed by atoms with Gasteiger partial charge in [0.1, 0.15) is 5.82 Å². The minimum absolute atomic E-state index is 0.965. The zero-order valence-corrected chi connectivity index (χ0v) is 13.4. The molecule has 3 aromatic rings. The monoisotopic (exact) mass is 341 g/mol. The Morgan fingerprint density at radius 3 is 3.05 bits per heavy atom.